The Morgan fingerprint density at radius 1 is 1.43 bits per heavy atom. The molecule has 0 saturated heterocycles. The number of hydrogen-bond donors (Lipinski definition) is 2. The second-order valence-corrected chi connectivity index (χ2v) is 3.38. The zero-order valence-corrected chi connectivity index (χ0v) is 8.61. The largest absolute Gasteiger partial charge is 0.393 e. The van der Waals surface area contributed by atoms with Crippen LogP contribution in [-0.4, -0.2) is 22.7 Å². The molecule has 3 nitrogen and oxygen atoms in total. The van der Waals surface area contributed by atoms with Gasteiger partial charge in [0.1, 0.15) is 0 Å². The number of rotatable bonds is 6. The van der Waals surface area contributed by atoms with Crippen LogP contribution in [-0.2, 0) is 6.54 Å². The highest BCUT2D eigenvalue weighted by Gasteiger charge is 1.98. The molecule has 1 aromatic heterocycles. The van der Waals surface area contributed by atoms with Crippen LogP contribution in [0.25, 0.3) is 0 Å². The zero-order chi connectivity index (χ0) is 10.2. The van der Waals surface area contributed by atoms with E-state index in [0.29, 0.717) is 0 Å². The van der Waals surface area contributed by atoms with Gasteiger partial charge in [0, 0.05) is 18.9 Å². The summed E-state index contributed by atoms with van der Waals surface area (Å²) in [6, 6.07) is 3.98. The first-order chi connectivity index (χ1) is 6.83. The average Bonchev–Trinajstić information content (AvgIpc) is 2.25. The summed E-state index contributed by atoms with van der Waals surface area (Å²) in [5.74, 6) is 0. The van der Waals surface area contributed by atoms with Crippen molar-refractivity contribution in [3.63, 3.8) is 0 Å². The first-order valence-corrected chi connectivity index (χ1v) is 5.10. The maximum absolute atomic E-state index is 9.31. The monoisotopic (exact) mass is 194 g/mol. The molecule has 1 rings (SSSR count). The minimum Gasteiger partial charge on any atom is -0.393 e. The third-order valence-electron chi connectivity index (χ3n) is 2.20. The van der Waals surface area contributed by atoms with E-state index in [9.17, 15) is 5.11 Å². The predicted octanol–water partition coefficient (Wildman–Crippen LogP) is 1.33. The smallest absolute Gasteiger partial charge is 0.0549 e. The zero-order valence-electron chi connectivity index (χ0n) is 8.61. The second kappa shape index (κ2) is 6.51. The fourth-order valence-electron chi connectivity index (χ4n) is 1.21. The number of aliphatic hydroxyl groups excluding tert-OH is 1. The number of hydrogen-bond acceptors (Lipinski definition) is 3. The average molecular weight is 194 g/mol. The van der Waals surface area contributed by atoms with Crippen LogP contribution in [0.4, 0.5) is 0 Å². The van der Waals surface area contributed by atoms with Crippen LogP contribution in [0.3, 0.4) is 0 Å². The Morgan fingerprint density at radius 3 is 2.79 bits per heavy atom. The molecule has 78 valence electrons. The van der Waals surface area contributed by atoms with E-state index in [1.54, 1.807) is 12.4 Å². The van der Waals surface area contributed by atoms with Gasteiger partial charge in [0.25, 0.3) is 0 Å². The van der Waals surface area contributed by atoms with Gasteiger partial charge in [-0.25, -0.2) is 0 Å². The summed E-state index contributed by atoms with van der Waals surface area (Å²) in [6.45, 7) is 3.70. The molecule has 2 N–H and O–H groups in total. The van der Waals surface area contributed by atoms with Gasteiger partial charge in [0.2, 0.25) is 0 Å². The molecule has 1 aromatic rings. The molecule has 1 unspecified atom stereocenters. The molecular weight excluding hydrogens is 176 g/mol. The highest BCUT2D eigenvalue weighted by molar-refractivity contribution is 5.08. The molecule has 3 heteroatoms. The fourth-order valence-corrected chi connectivity index (χ4v) is 1.21. The van der Waals surface area contributed by atoms with Crippen LogP contribution in [0, 0.1) is 0 Å². The van der Waals surface area contributed by atoms with Gasteiger partial charge in [-0.2, -0.15) is 0 Å². The van der Waals surface area contributed by atoms with Gasteiger partial charge < -0.3 is 10.4 Å². The number of aliphatic hydroxyl groups is 1. The van der Waals surface area contributed by atoms with Crippen LogP contribution in [0.2, 0.25) is 0 Å². The van der Waals surface area contributed by atoms with Gasteiger partial charge in [-0.1, -0.05) is 6.92 Å². The van der Waals surface area contributed by atoms with Gasteiger partial charge in [0.15, 0.2) is 0 Å². The van der Waals surface area contributed by atoms with Crippen LogP contribution < -0.4 is 5.32 Å². The van der Waals surface area contributed by atoms with Crippen molar-refractivity contribution in [1.82, 2.24) is 10.3 Å². The Morgan fingerprint density at radius 2 is 2.14 bits per heavy atom. The van der Waals surface area contributed by atoms with Crippen molar-refractivity contribution in [2.24, 2.45) is 0 Å². The summed E-state index contributed by atoms with van der Waals surface area (Å²) in [4.78, 5) is 3.95. The molecule has 1 atom stereocenters. The van der Waals surface area contributed by atoms with Gasteiger partial charge in [-0.3, -0.25) is 4.98 Å². The molecule has 0 aliphatic carbocycles. The van der Waals surface area contributed by atoms with Crippen molar-refractivity contribution in [2.45, 2.75) is 32.4 Å². The van der Waals surface area contributed by atoms with E-state index < -0.39 is 0 Å². The van der Waals surface area contributed by atoms with Gasteiger partial charge in [-0.15, -0.1) is 0 Å². The maximum Gasteiger partial charge on any atom is 0.0549 e. The topological polar surface area (TPSA) is 45.1 Å². The highest BCUT2D eigenvalue weighted by atomic mass is 16.3. The van der Waals surface area contributed by atoms with Crippen molar-refractivity contribution in [3.05, 3.63) is 30.1 Å². The van der Waals surface area contributed by atoms with E-state index in [2.05, 4.69) is 10.3 Å². The Bertz CT molecular complexity index is 238. The Balaban J connectivity index is 2.10. The number of nitrogens with one attached hydrogen (secondary N) is 1. The molecule has 0 fully saturated rings. The molecule has 0 amide bonds. The molecule has 14 heavy (non-hydrogen) atoms. The second-order valence-electron chi connectivity index (χ2n) is 3.38. The molecule has 1 heterocycles. The number of aromatic nitrogens is 1. The Kier molecular flexibility index (Phi) is 5.19. The first kappa shape index (κ1) is 11.1. The Labute approximate surface area is 85.2 Å². The standard InChI is InChI=1S/C11H18N2O/c1-2-11(14)5-8-13-9-10-3-6-12-7-4-10/h3-4,6-7,11,13-14H,2,5,8-9H2,1H3. The molecule has 0 spiro atoms. The number of pyridine rings is 1. The molecule has 0 aliphatic heterocycles. The van der Waals surface area contributed by atoms with E-state index in [1.807, 2.05) is 19.1 Å². The van der Waals surface area contributed by atoms with Crippen molar-refractivity contribution in [1.29, 1.82) is 0 Å². The molecule has 0 aliphatic rings. The lowest BCUT2D eigenvalue weighted by Gasteiger charge is -2.08. The maximum atomic E-state index is 9.31. The molecular formula is C11H18N2O. The van der Waals surface area contributed by atoms with E-state index in [-0.39, 0.29) is 6.10 Å². The van der Waals surface area contributed by atoms with E-state index in [1.165, 1.54) is 5.56 Å². The van der Waals surface area contributed by atoms with Crippen molar-refractivity contribution < 1.29 is 5.11 Å². The van der Waals surface area contributed by atoms with Crippen molar-refractivity contribution >= 4 is 0 Å². The predicted molar refractivity (Wildman–Crippen MR) is 56.9 cm³/mol. The fraction of sp³-hybridized carbons (Fsp3) is 0.545. The lowest BCUT2D eigenvalue weighted by atomic mass is 10.2. The molecule has 0 radical (unpaired) electrons. The summed E-state index contributed by atoms with van der Waals surface area (Å²) in [7, 11) is 0. The normalized spacial score (nSPS) is 12.7. The van der Waals surface area contributed by atoms with Crippen molar-refractivity contribution in [2.75, 3.05) is 6.54 Å². The first-order valence-electron chi connectivity index (χ1n) is 5.10. The summed E-state index contributed by atoms with van der Waals surface area (Å²) < 4.78 is 0. The molecule has 0 saturated carbocycles. The highest BCUT2D eigenvalue weighted by Crippen LogP contribution is 1.97. The van der Waals surface area contributed by atoms with E-state index in [0.717, 1.165) is 25.9 Å². The third kappa shape index (κ3) is 4.35. The quantitative estimate of drug-likeness (QED) is 0.672. The summed E-state index contributed by atoms with van der Waals surface area (Å²) in [5, 5.41) is 12.6. The van der Waals surface area contributed by atoms with Gasteiger partial charge >= 0.3 is 0 Å². The van der Waals surface area contributed by atoms with Gasteiger partial charge in [0.05, 0.1) is 6.10 Å². The van der Waals surface area contributed by atoms with E-state index in [4.69, 9.17) is 0 Å². The number of nitrogens with zero attached hydrogens (tertiary/aromatic N) is 1. The van der Waals surface area contributed by atoms with Crippen LogP contribution in [0.5, 0.6) is 0 Å². The SMILES string of the molecule is CCC(O)CCNCc1ccncc1. The lowest BCUT2D eigenvalue weighted by Crippen LogP contribution is -2.19. The van der Waals surface area contributed by atoms with Crippen LogP contribution in [0.1, 0.15) is 25.3 Å². The van der Waals surface area contributed by atoms with Crippen molar-refractivity contribution in [3.8, 4) is 0 Å². The minimum atomic E-state index is -0.167. The van der Waals surface area contributed by atoms with Crippen LogP contribution in [0.15, 0.2) is 24.5 Å². The van der Waals surface area contributed by atoms with E-state index >= 15 is 0 Å². The summed E-state index contributed by atoms with van der Waals surface area (Å²) in [5.41, 5.74) is 1.23. The lowest BCUT2D eigenvalue weighted by molar-refractivity contribution is 0.159. The van der Waals surface area contributed by atoms with Gasteiger partial charge in [-0.05, 0) is 37.1 Å². The summed E-state index contributed by atoms with van der Waals surface area (Å²) >= 11 is 0. The van der Waals surface area contributed by atoms with Crippen LogP contribution >= 0.6 is 0 Å². The third-order valence-corrected chi connectivity index (χ3v) is 2.20. The summed E-state index contributed by atoms with van der Waals surface area (Å²) in [6.07, 6.45) is 5.06. The molecule has 0 aromatic carbocycles. The Hall–Kier alpha value is -0.930. The minimum absolute atomic E-state index is 0.167. The molecule has 0 bridgehead atoms.